The molecular weight excluding hydrogens is 362 g/mol. The van der Waals surface area contributed by atoms with Crippen molar-refractivity contribution in [3.63, 3.8) is 0 Å². The summed E-state index contributed by atoms with van der Waals surface area (Å²) < 4.78 is 2.10. The first-order chi connectivity index (χ1) is 14.2. The maximum Gasteiger partial charge on any atom is 0.274 e. The van der Waals surface area contributed by atoms with E-state index in [0.717, 1.165) is 65.0 Å². The van der Waals surface area contributed by atoms with Crippen molar-refractivity contribution in [2.45, 2.75) is 51.7 Å². The molecule has 1 aromatic heterocycles. The van der Waals surface area contributed by atoms with Gasteiger partial charge in [-0.2, -0.15) is 5.10 Å². The average Bonchev–Trinajstić information content (AvgIpc) is 3.11. The Morgan fingerprint density at radius 2 is 1.93 bits per heavy atom. The predicted molar refractivity (Wildman–Crippen MR) is 115 cm³/mol. The summed E-state index contributed by atoms with van der Waals surface area (Å²) in [7, 11) is 2.11. The Hall–Kier alpha value is -2.18. The van der Waals surface area contributed by atoms with Gasteiger partial charge in [0.15, 0.2) is 5.69 Å². The Bertz CT molecular complexity index is 823. The van der Waals surface area contributed by atoms with Crippen molar-refractivity contribution >= 4 is 5.91 Å². The Kier molecular flexibility index (Phi) is 6.31. The summed E-state index contributed by atoms with van der Waals surface area (Å²) in [5, 5.41) is 8.52. The molecular formula is C23H33N5O. The van der Waals surface area contributed by atoms with E-state index in [1.165, 1.54) is 16.8 Å². The molecule has 0 bridgehead atoms. The van der Waals surface area contributed by atoms with Crippen molar-refractivity contribution in [1.29, 1.82) is 0 Å². The number of nitrogens with one attached hydrogen (secondary N) is 1. The second-order valence-corrected chi connectivity index (χ2v) is 8.40. The lowest BCUT2D eigenvalue weighted by Crippen LogP contribution is -2.47. The first kappa shape index (κ1) is 20.1. The van der Waals surface area contributed by atoms with Crippen molar-refractivity contribution in [1.82, 2.24) is 24.9 Å². The fourth-order valence-corrected chi connectivity index (χ4v) is 4.45. The van der Waals surface area contributed by atoms with Crippen LogP contribution in [0.1, 0.15) is 47.1 Å². The van der Waals surface area contributed by atoms with Crippen LogP contribution in [0, 0.1) is 0 Å². The van der Waals surface area contributed by atoms with E-state index < -0.39 is 0 Å². The van der Waals surface area contributed by atoms with Crippen LogP contribution < -0.4 is 5.32 Å². The third-order valence-corrected chi connectivity index (χ3v) is 6.21. The van der Waals surface area contributed by atoms with Gasteiger partial charge < -0.3 is 15.1 Å². The van der Waals surface area contributed by atoms with Gasteiger partial charge in [-0.1, -0.05) is 37.3 Å². The SMILES string of the molecule is CCCn1nc(C(=O)N2CCN(C)CC2)c2c1CCC(NCc1ccccc1)C2. The van der Waals surface area contributed by atoms with Crippen LogP contribution in [0.5, 0.6) is 0 Å². The van der Waals surface area contributed by atoms with Crippen molar-refractivity contribution < 1.29 is 4.79 Å². The number of hydrogen-bond acceptors (Lipinski definition) is 4. The van der Waals surface area contributed by atoms with Crippen LogP contribution >= 0.6 is 0 Å². The number of fused-ring (bicyclic) bond motifs is 1. The second-order valence-electron chi connectivity index (χ2n) is 8.40. The lowest BCUT2D eigenvalue weighted by Gasteiger charge is -2.32. The van der Waals surface area contributed by atoms with Crippen LogP contribution in [0.2, 0.25) is 0 Å². The van der Waals surface area contributed by atoms with E-state index in [4.69, 9.17) is 5.10 Å². The van der Waals surface area contributed by atoms with Gasteiger partial charge in [-0.25, -0.2) is 0 Å². The van der Waals surface area contributed by atoms with Crippen molar-refractivity contribution in [2.75, 3.05) is 33.2 Å². The lowest BCUT2D eigenvalue weighted by molar-refractivity contribution is 0.0656. The smallest absolute Gasteiger partial charge is 0.274 e. The largest absolute Gasteiger partial charge is 0.335 e. The molecule has 6 nitrogen and oxygen atoms in total. The summed E-state index contributed by atoms with van der Waals surface area (Å²) in [5.41, 5.74) is 4.46. The molecule has 0 radical (unpaired) electrons. The first-order valence-corrected chi connectivity index (χ1v) is 11.0. The van der Waals surface area contributed by atoms with Crippen LogP contribution in [0.4, 0.5) is 0 Å². The number of nitrogens with zero attached hydrogens (tertiary/aromatic N) is 4. The van der Waals surface area contributed by atoms with Crippen LogP contribution in [0.25, 0.3) is 0 Å². The summed E-state index contributed by atoms with van der Waals surface area (Å²) in [4.78, 5) is 17.6. The summed E-state index contributed by atoms with van der Waals surface area (Å²) >= 11 is 0. The van der Waals surface area contributed by atoms with E-state index in [1.807, 2.05) is 4.90 Å². The number of benzene rings is 1. The quantitative estimate of drug-likeness (QED) is 0.816. The average molecular weight is 396 g/mol. The molecule has 0 saturated carbocycles. The molecule has 1 atom stereocenters. The fraction of sp³-hybridized carbons (Fsp3) is 0.565. The molecule has 156 valence electrons. The number of carbonyl (C=O) groups excluding carboxylic acids is 1. The number of hydrogen-bond donors (Lipinski definition) is 1. The lowest BCUT2D eigenvalue weighted by atomic mass is 9.90. The van der Waals surface area contributed by atoms with E-state index in [-0.39, 0.29) is 5.91 Å². The van der Waals surface area contributed by atoms with E-state index in [1.54, 1.807) is 0 Å². The summed E-state index contributed by atoms with van der Waals surface area (Å²) in [5.74, 6) is 0.118. The van der Waals surface area contributed by atoms with Crippen LogP contribution in [-0.2, 0) is 25.9 Å². The molecule has 2 aromatic rings. The molecule has 29 heavy (non-hydrogen) atoms. The molecule has 1 fully saturated rings. The first-order valence-electron chi connectivity index (χ1n) is 11.0. The highest BCUT2D eigenvalue weighted by Crippen LogP contribution is 2.26. The Balaban J connectivity index is 1.51. The van der Waals surface area contributed by atoms with E-state index in [0.29, 0.717) is 11.7 Å². The molecule has 1 saturated heterocycles. The number of amides is 1. The number of rotatable bonds is 6. The maximum absolute atomic E-state index is 13.3. The molecule has 1 aliphatic carbocycles. The van der Waals surface area contributed by atoms with Crippen LogP contribution in [0.3, 0.4) is 0 Å². The molecule has 1 amide bonds. The highest BCUT2D eigenvalue weighted by atomic mass is 16.2. The van der Waals surface area contributed by atoms with Gasteiger partial charge in [-0.3, -0.25) is 9.48 Å². The molecule has 2 heterocycles. The molecule has 6 heteroatoms. The van der Waals surface area contributed by atoms with Gasteiger partial charge in [-0.15, -0.1) is 0 Å². The standard InChI is InChI=1S/C23H33N5O/c1-3-11-28-21-10-9-19(24-17-18-7-5-4-6-8-18)16-20(21)22(25-28)23(29)27-14-12-26(2)13-15-27/h4-8,19,24H,3,9-17H2,1-2H3. The van der Waals surface area contributed by atoms with Crippen molar-refractivity contribution in [3.8, 4) is 0 Å². The minimum absolute atomic E-state index is 0.118. The number of aromatic nitrogens is 2. The van der Waals surface area contributed by atoms with E-state index >= 15 is 0 Å². The van der Waals surface area contributed by atoms with Crippen LogP contribution in [0.15, 0.2) is 30.3 Å². The zero-order chi connectivity index (χ0) is 20.2. The summed E-state index contributed by atoms with van der Waals surface area (Å²) in [6.45, 7) is 7.38. The van der Waals surface area contributed by atoms with Gasteiger partial charge in [0.2, 0.25) is 0 Å². The normalized spacial score (nSPS) is 19.9. The van der Waals surface area contributed by atoms with Gasteiger partial charge in [0, 0.05) is 56.6 Å². The predicted octanol–water partition coefficient (Wildman–Crippen LogP) is 2.33. The molecule has 4 rings (SSSR count). The number of aryl methyl sites for hydroxylation is 1. The van der Waals surface area contributed by atoms with Gasteiger partial charge in [-0.05, 0) is 38.3 Å². The molecule has 1 unspecified atom stereocenters. The van der Waals surface area contributed by atoms with Gasteiger partial charge in [0.05, 0.1) is 0 Å². The van der Waals surface area contributed by atoms with Gasteiger partial charge in [0.25, 0.3) is 5.91 Å². The van der Waals surface area contributed by atoms with E-state index in [2.05, 4.69) is 59.2 Å². The fourth-order valence-electron chi connectivity index (χ4n) is 4.45. The molecule has 1 N–H and O–H groups in total. The Morgan fingerprint density at radius 3 is 2.66 bits per heavy atom. The zero-order valence-electron chi connectivity index (χ0n) is 17.7. The van der Waals surface area contributed by atoms with Crippen LogP contribution in [-0.4, -0.2) is 64.8 Å². The number of piperazine rings is 1. The third-order valence-electron chi connectivity index (χ3n) is 6.21. The van der Waals surface area contributed by atoms with Gasteiger partial charge in [0.1, 0.15) is 0 Å². The minimum Gasteiger partial charge on any atom is -0.335 e. The third kappa shape index (κ3) is 4.54. The second kappa shape index (κ2) is 9.09. The van der Waals surface area contributed by atoms with E-state index in [9.17, 15) is 4.79 Å². The molecule has 1 aromatic carbocycles. The highest BCUT2D eigenvalue weighted by Gasteiger charge is 2.31. The Labute approximate surface area is 173 Å². The molecule has 1 aliphatic heterocycles. The summed E-state index contributed by atoms with van der Waals surface area (Å²) in [6.07, 6.45) is 4.01. The highest BCUT2D eigenvalue weighted by molar-refractivity contribution is 5.94. The maximum atomic E-state index is 13.3. The summed E-state index contributed by atoms with van der Waals surface area (Å²) in [6, 6.07) is 10.9. The van der Waals surface area contributed by atoms with Crippen molar-refractivity contribution in [3.05, 3.63) is 52.8 Å². The number of carbonyl (C=O) groups is 1. The molecule has 2 aliphatic rings. The Morgan fingerprint density at radius 1 is 1.17 bits per heavy atom. The zero-order valence-corrected chi connectivity index (χ0v) is 17.7. The van der Waals surface area contributed by atoms with Crippen molar-refractivity contribution in [2.24, 2.45) is 0 Å². The minimum atomic E-state index is 0.118. The number of likely N-dealkylation sites (N-methyl/N-ethyl adjacent to an activating group) is 1. The monoisotopic (exact) mass is 395 g/mol. The topological polar surface area (TPSA) is 53.4 Å². The van der Waals surface area contributed by atoms with Gasteiger partial charge >= 0.3 is 0 Å². The molecule has 0 spiro atoms.